The van der Waals surface area contributed by atoms with Crippen molar-refractivity contribution < 1.29 is 4.48 Å². The van der Waals surface area contributed by atoms with Gasteiger partial charge in [-0.1, -0.05) is 27.2 Å². The zero-order valence-corrected chi connectivity index (χ0v) is 6.00. The standard InChI is InChI=1S/C3H8FN.C3H8/c1-2-3-5-4;1-3-2/h5H,2-3H2,1H3;3H2,1-2H3. The fraction of sp³-hybridized carbons (Fsp3) is 1.00. The second-order valence-electron chi connectivity index (χ2n) is 1.59. The molecule has 52 valence electrons. The van der Waals surface area contributed by atoms with Gasteiger partial charge in [-0.15, -0.1) is 4.48 Å². The van der Waals surface area contributed by atoms with E-state index in [1.807, 2.05) is 6.92 Å². The molecule has 0 heterocycles. The molecule has 8 heavy (non-hydrogen) atoms. The molecule has 1 nitrogen and oxygen atoms in total. The lowest BCUT2D eigenvalue weighted by molar-refractivity contribution is 0.335. The summed E-state index contributed by atoms with van der Waals surface area (Å²) < 4.78 is 10.7. The van der Waals surface area contributed by atoms with Crippen LogP contribution in [0.15, 0.2) is 0 Å². The van der Waals surface area contributed by atoms with E-state index in [-0.39, 0.29) is 0 Å². The van der Waals surface area contributed by atoms with Gasteiger partial charge in [-0.05, 0) is 6.42 Å². The highest BCUT2D eigenvalue weighted by molar-refractivity contribution is 4.22. The molecular formula is C6H16FN. The lowest BCUT2D eigenvalue weighted by Crippen LogP contribution is -1.98. The minimum atomic E-state index is 0.472. The first kappa shape index (κ1) is 10.8. The number of halogens is 1. The second-order valence-corrected chi connectivity index (χ2v) is 1.59. The molecule has 0 saturated heterocycles. The largest absolute Gasteiger partial charge is 0.159 e. The van der Waals surface area contributed by atoms with Crippen molar-refractivity contribution in [1.82, 2.24) is 5.54 Å². The summed E-state index contributed by atoms with van der Waals surface area (Å²) in [5.41, 5.74) is 1.52. The normalized spacial score (nSPS) is 7.50. The van der Waals surface area contributed by atoms with Crippen molar-refractivity contribution in [3.05, 3.63) is 0 Å². The molecule has 0 bridgehead atoms. The van der Waals surface area contributed by atoms with E-state index in [9.17, 15) is 4.48 Å². The van der Waals surface area contributed by atoms with Crippen molar-refractivity contribution in [2.24, 2.45) is 0 Å². The molecule has 0 rings (SSSR count). The lowest BCUT2D eigenvalue weighted by atomic mass is 10.5. The van der Waals surface area contributed by atoms with Crippen molar-refractivity contribution in [2.75, 3.05) is 6.54 Å². The predicted molar refractivity (Wildman–Crippen MR) is 35.4 cm³/mol. The van der Waals surface area contributed by atoms with Crippen LogP contribution in [0.5, 0.6) is 0 Å². The Kier molecular flexibility index (Phi) is 21.3. The quantitative estimate of drug-likeness (QED) is 0.553. The third kappa shape index (κ3) is 39.4. The van der Waals surface area contributed by atoms with Gasteiger partial charge in [0.25, 0.3) is 0 Å². The molecule has 0 aromatic rings. The zero-order chi connectivity index (χ0) is 6.83. The van der Waals surface area contributed by atoms with Gasteiger partial charge < -0.3 is 0 Å². The molecule has 0 amide bonds. The fourth-order valence-electron chi connectivity index (χ4n) is 0.0945. The van der Waals surface area contributed by atoms with Gasteiger partial charge in [0.05, 0.1) is 0 Å². The first-order valence-electron chi connectivity index (χ1n) is 3.16. The maximum Gasteiger partial charge on any atom is 0.0257 e. The Labute approximate surface area is 51.2 Å². The molecule has 2 heteroatoms. The SMILES string of the molecule is CCC.CCCNF. The van der Waals surface area contributed by atoms with Crippen LogP contribution in [0.4, 0.5) is 4.48 Å². The van der Waals surface area contributed by atoms with Crippen molar-refractivity contribution in [3.63, 3.8) is 0 Å². The van der Waals surface area contributed by atoms with Gasteiger partial charge in [-0.3, -0.25) is 0 Å². The molecule has 0 aliphatic carbocycles. The molecule has 0 aromatic heterocycles. The van der Waals surface area contributed by atoms with Gasteiger partial charge in [0.1, 0.15) is 0 Å². The van der Waals surface area contributed by atoms with E-state index < -0.39 is 0 Å². The molecule has 0 aliphatic rings. The smallest absolute Gasteiger partial charge is 0.0257 e. The number of rotatable bonds is 2. The molecule has 1 N–H and O–H groups in total. The Bertz CT molecular complexity index is 22.5. The van der Waals surface area contributed by atoms with Crippen LogP contribution in [-0.2, 0) is 0 Å². The molecule has 0 radical (unpaired) electrons. The highest BCUT2D eigenvalue weighted by atomic mass is 19.2. The minimum Gasteiger partial charge on any atom is -0.159 e. The molecule has 0 saturated carbocycles. The first-order valence-corrected chi connectivity index (χ1v) is 3.16. The molecule has 0 fully saturated rings. The van der Waals surface area contributed by atoms with Gasteiger partial charge in [0, 0.05) is 6.54 Å². The lowest BCUT2D eigenvalue weighted by Gasteiger charge is -1.79. The number of hydrogen-bond donors (Lipinski definition) is 1. The first-order chi connectivity index (χ1) is 3.83. The Hall–Kier alpha value is -0.110. The van der Waals surface area contributed by atoms with Crippen LogP contribution in [0.1, 0.15) is 33.6 Å². The Balaban J connectivity index is 0. The maximum absolute atomic E-state index is 10.7. The second kappa shape index (κ2) is 15.8. The van der Waals surface area contributed by atoms with Crippen molar-refractivity contribution in [2.45, 2.75) is 33.6 Å². The topological polar surface area (TPSA) is 12.0 Å². The monoisotopic (exact) mass is 121 g/mol. The van der Waals surface area contributed by atoms with Crippen LogP contribution in [0.3, 0.4) is 0 Å². The van der Waals surface area contributed by atoms with E-state index in [2.05, 4.69) is 13.8 Å². The van der Waals surface area contributed by atoms with Crippen LogP contribution in [0.2, 0.25) is 0 Å². The Morgan fingerprint density at radius 1 is 1.25 bits per heavy atom. The predicted octanol–water partition coefficient (Wildman–Crippen LogP) is 2.29. The fourth-order valence-corrected chi connectivity index (χ4v) is 0.0945. The van der Waals surface area contributed by atoms with Gasteiger partial charge >= 0.3 is 0 Å². The Morgan fingerprint density at radius 3 is 1.62 bits per heavy atom. The average molecular weight is 121 g/mol. The molecule has 0 aliphatic heterocycles. The summed E-state index contributed by atoms with van der Waals surface area (Å²) in [5, 5.41) is 0. The highest BCUT2D eigenvalue weighted by Crippen LogP contribution is 1.65. The maximum atomic E-state index is 10.7. The summed E-state index contributed by atoms with van der Waals surface area (Å²) in [7, 11) is 0. The highest BCUT2D eigenvalue weighted by Gasteiger charge is 1.68. The van der Waals surface area contributed by atoms with E-state index >= 15 is 0 Å². The van der Waals surface area contributed by atoms with E-state index in [0.29, 0.717) is 6.54 Å². The van der Waals surface area contributed by atoms with Crippen LogP contribution < -0.4 is 5.54 Å². The number of nitrogens with one attached hydrogen (secondary N) is 1. The van der Waals surface area contributed by atoms with E-state index in [0.717, 1.165) is 6.42 Å². The van der Waals surface area contributed by atoms with Crippen molar-refractivity contribution in [3.8, 4) is 0 Å². The molecule has 0 atom stereocenters. The summed E-state index contributed by atoms with van der Waals surface area (Å²) in [4.78, 5) is 0. The average Bonchev–Trinajstić information content (AvgIpc) is 1.71. The third-order valence-corrected chi connectivity index (χ3v) is 0.344. The summed E-state index contributed by atoms with van der Waals surface area (Å²) in [6, 6.07) is 0. The van der Waals surface area contributed by atoms with Crippen LogP contribution in [0, 0.1) is 0 Å². The van der Waals surface area contributed by atoms with Crippen LogP contribution >= 0.6 is 0 Å². The van der Waals surface area contributed by atoms with Crippen molar-refractivity contribution in [1.29, 1.82) is 0 Å². The van der Waals surface area contributed by atoms with E-state index in [4.69, 9.17) is 0 Å². The van der Waals surface area contributed by atoms with Gasteiger partial charge in [-0.25, -0.2) is 0 Å². The zero-order valence-electron chi connectivity index (χ0n) is 6.00. The van der Waals surface area contributed by atoms with Crippen LogP contribution in [-0.4, -0.2) is 6.54 Å². The number of hydrogen-bond acceptors (Lipinski definition) is 1. The summed E-state index contributed by atoms with van der Waals surface area (Å²) in [5.74, 6) is 0. The summed E-state index contributed by atoms with van der Waals surface area (Å²) in [6.45, 7) is 6.63. The molecule has 0 unspecified atom stereocenters. The van der Waals surface area contributed by atoms with Gasteiger partial charge in [0.2, 0.25) is 0 Å². The Morgan fingerprint density at radius 2 is 1.62 bits per heavy atom. The minimum absolute atomic E-state index is 0.472. The summed E-state index contributed by atoms with van der Waals surface area (Å²) >= 11 is 0. The van der Waals surface area contributed by atoms with Crippen molar-refractivity contribution >= 4 is 0 Å². The molecule has 0 spiro atoms. The molecule has 0 aromatic carbocycles. The summed E-state index contributed by atoms with van der Waals surface area (Å²) in [6.07, 6.45) is 2.11. The van der Waals surface area contributed by atoms with E-state index in [1.54, 1.807) is 0 Å². The molecular weight excluding hydrogens is 105 g/mol. The van der Waals surface area contributed by atoms with Gasteiger partial charge in [-0.2, -0.15) is 5.54 Å². The van der Waals surface area contributed by atoms with E-state index in [1.165, 1.54) is 12.0 Å². The third-order valence-electron chi connectivity index (χ3n) is 0.344. The van der Waals surface area contributed by atoms with Gasteiger partial charge in [0.15, 0.2) is 0 Å². The van der Waals surface area contributed by atoms with Crippen LogP contribution in [0.25, 0.3) is 0 Å².